The molecule has 1 aromatic rings. The van der Waals surface area contributed by atoms with E-state index in [0.29, 0.717) is 5.56 Å². The molecule has 2 nitrogen and oxygen atoms in total. The minimum Gasteiger partial charge on any atom is -0.211 e. The van der Waals surface area contributed by atoms with Crippen molar-refractivity contribution in [2.45, 2.75) is 18.4 Å². The fourth-order valence-corrected chi connectivity index (χ4v) is 1.81. The number of aliphatic imine (C=N–C) groups is 1. The summed E-state index contributed by atoms with van der Waals surface area (Å²) in [5.74, 6) is -0.475. The lowest BCUT2D eigenvalue weighted by Crippen LogP contribution is -2.03. The molecule has 0 unspecified atom stereocenters. The molecule has 2 rings (SSSR count). The van der Waals surface area contributed by atoms with Gasteiger partial charge in [0.1, 0.15) is 5.82 Å². The molecule has 1 aliphatic carbocycles. The highest BCUT2D eigenvalue weighted by molar-refractivity contribution is 6.31. The highest BCUT2D eigenvalue weighted by atomic mass is 35.5. The van der Waals surface area contributed by atoms with E-state index >= 15 is 0 Å². The third kappa shape index (κ3) is 1.35. The van der Waals surface area contributed by atoms with Gasteiger partial charge < -0.3 is 0 Å². The third-order valence-corrected chi connectivity index (χ3v) is 2.82. The summed E-state index contributed by atoms with van der Waals surface area (Å²) in [5, 5.41) is 0.0593. The van der Waals surface area contributed by atoms with E-state index in [9.17, 15) is 9.18 Å². The molecule has 1 aliphatic rings. The van der Waals surface area contributed by atoms with Crippen LogP contribution in [-0.4, -0.2) is 6.08 Å². The summed E-state index contributed by atoms with van der Waals surface area (Å²) in [6.07, 6.45) is 2.96. The molecule has 14 heavy (non-hydrogen) atoms. The molecule has 0 heterocycles. The summed E-state index contributed by atoms with van der Waals surface area (Å²) in [5.41, 5.74) is -0.0106. The van der Waals surface area contributed by atoms with Crippen LogP contribution in [0.3, 0.4) is 0 Å². The fraction of sp³-hybridized carbons (Fsp3) is 0.300. The third-order valence-electron chi connectivity index (χ3n) is 2.44. The van der Waals surface area contributed by atoms with Crippen LogP contribution in [0.5, 0.6) is 0 Å². The fourth-order valence-electron chi connectivity index (χ4n) is 1.51. The molecule has 1 saturated carbocycles. The van der Waals surface area contributed by atoms with Crippen molar-refractivity contribution in [3.05, 3.63) is 34.6 Å². The number of isocyanates is 1. The van der Waals surface area contributed by atoms with Gasteiger partial charge in [-0.25, -0.2) is 9.18 Å². The van der Waals surface area contributed by atoms with Crippen LogP contribution in [0.4, 0.5) is 4.39 Å². The van der Waals surface area contributed by atoms with Gasteiger partial charge in [-0.05, 0) is 18.9 Å². The zero-order valence-electron chi connectivity index (χ0n) is 7.26. The first-order valence-corrected chi connectivity index (χ1v) is 4.61. The Morgan fingerprint density at radius 3 is 2.79 bits per heavy atom. The molecule has 0 spiro atoms. The molecular weight excluding hydrogens is 205 g/mol. The second kappa shape index (κ2) is 3.19. The van der Waals surface area contributed by atoms with Crippen molar-refractivity contribution in [3.8, 4) is 0 Å². The first kappa shape index (κ1) is 9.38. The van der Waals surface area contributed by atoms with E-state index in [4.69, 9.17) is 11.6 Å². The van der Waals surface area contributed by atoms with E-state index in [1.165, 1.54) is 12.1 Å². The van der Waals surface area contributed by atoms with E-state index in [1.807, 2.05) is 0 Å². The summed E-state index contributed by atoms with van der Waals surface area (Å²) in [7, 11) is 0. The Morgan fingerprint density at radius 2 is 2.21 bits per heavy atom. The van der Waals surface area contributed by atoms with Gasteiger partial charge in [-0.2, -0.15) is 4.99 Å². The Bertz CT molecular complexity index is 422. The highest BCUT2D eigenvalue weighted by Crippen LogP contribution is 2.51. The topological polar surface area (TPSA) is 29.4 Å². The summed E-state index contributed by atoms with van der Waals surface area (Å²) >= 11 is 5.79. The zero-order chi connectivity index (χ0) is 10.2. The second-order valence-corrected chi connectivity index (χ2v) is 3.71. The van der Waals surface area contributed by atoms with Crippen molar-refractivity contribution < 1.29 is 9.18 Å². The van der Waals surface area contributed by atoms with Crippen molar-refractivity contribution in [2.24, 2.45) is 4.99 Å². The molecule has 0 saturated heterocycles. The van der Waals surface area contributed by atoms with E-state index in [-0.39, 0.29) is 5.02 Å². The van der Waals surface area contributed by atoms with Crippen LogP contribution >= 0.6 is 11.6 Å². The molecule has 0 amide bonds. The molecule has 0 N–H and O–H groups in total. The predicted molar refractivity (Wildman–Crippen MR) is 50.4 cm³/mol. The number of benzene rings is 1. The monoisotopic (exact) mass is 211 g/mol. The summed E-state index contributed by atoms with van der Waals surface area (Å²) < 4.78 is 13.1. The lowest BCUT2D eigenvalue weighted by atomic mass is 10.1. The number of hydrogen-bond donors (Lipinski definition) is 0. The average molecular weight is 212 g/mol. The van der Waals surface area contributed by atoms with Crippen LogP contribution in [0.2, 0.25) is 5.02 Å². The highest BCUT2D eigenvalue weighted by Gasteiger charge is 2.46. The van der Waals surface area contributed by atoms with Gasteiger partial charge in [0, 0.05) is 5.56 Å². The molecule has 72 valence electrons. The first-order valence-electron chi connectivity index (χ1n) is 4.23. The number of halogens is 2. The van der Waals surface area contributed by atoms with Crippen molar-refractivity contribution in [1.82, 2.24) is 0 Å². The van der Waals surface area contributed by atoms with E-state index in [1.54, 1.807) is 12.1 Å². The van der Waals surface area contributed by atoms with Gasteiger partial charge in [-0.1, -0.05) is 23.7 Å². The maximum atomic E-state index is 13.1. The average Bonchev–Trinajstić information content (AvgIpc) is 2.91. The molecule has 4 heteroatoms. The van der Waals surface area contributed by atoms with Gasteiger partial charge in [0.2, 0.25) is 6.08 Å². The maximum absolute atomic E-state index is 13.1. The van der Waals surface area contributed by atoms with Gasteiger partial charge in [0.25, 0.3) is 0 Å². The van der Waals surface area contributed by atoms with Gasteiger partial charge in [0.05, 0.1) is 10.6 Å². The molecule has 0 aliphatic heterocycles. The van der Waals surface area contributed by atoms with Crippen LogP contribution in [0.25, 0.3) is 0 Å². The normalized spacial score (nSPS) is 17.3. The van der Waals surface area contributed by atoms with E-state index < -0.39 is 11.4 Å². The minimum absolute atomic E-state index is 0.0593. The lowest BCUT2D eigenvalue weighted by molar-refractivity contribution is 0.555. The molecule has 0 radical (unpaired) electrons. The molecule has 1 aromatic carbocycles. The van der Waals surface area contributed by atoms with Gasteiger partial charge in [-0.15, -0.1) is 0 Å². The van der Waals surface area contributed by atoms with Gasteiger partial charge >= 0.3 is 0 Å². The lowest BCUT2D eigenvalue weighted by Gasteiger charge is -2.10. The molecule has 0 atom stereocenters. The van der Waals surface area contributed by atoms with Crippen LogP contribution < -0.4 is 0 Å². The van der Waals surface area contributed by atoms with Crippen LogP contribution in [0, 0.1) is 5.82 Å². The molecule has 0 bridgehead atoms. The zero-order valence-corrected chi connectivity index (χ0v) is 8.01. The van der Waals surface area contributed by atoms with Crippen LogP contribution in [-0.2, 0) is 10.3 Å². The van der Waals surface area contributed by atoms with Crippen LogP contribution in [0.15, 0.2) is 23.2 Å². The van der Waals surface area contributed by atoms with Crippen molar-refractivity contribution >= 4 is 17.7 Å². The summed E-state index contributed by atoms with van der Waals surface area (Å²) in [4.78, 5) is 13.9. The summed E-state index contributed by atoms with van der Waals surface area (Å²) in [6, 6.07) is 4.54. The SMILES string of the molecule is O=C=NC1(c2cccc(F)c2Cl)CC1. The molecular formula is C10H7ClFNO. The van der Waals surface area contributed by atoms with Crippen molar-refractivity contribution in [3.63, 3.8) is 0 Å². The van der Waals surface area contributed by atoms with Gasteiger partial charge in [-0.3, -0.25) is 0 Å². The molecule has 1 fully saturated rings. The van der Waals surface area contributed by atoms with Crippen LogP contribution in [0.1, 0.15) is 18.4 Å². The summed E-state index contributed by atoms with van der Waals surface area (Å²) in [6.45, 7) is 0. The minimum atomic E-state index is -0.596. The van der Waals surface area contributed by atoms with Crippen molar-refractivity contribution in [2.75, 3.05) is 0 Å². The standard InChI is InChI=1S/C10H7ClFNO/c11-9-7(2-1-3-8(9)12)10(4-5-10)13-6-14/h1-3H,4-5H2. The first-order chi connectivity index (χ1) is 6.69. The number of rotatable bonds is 2. The Morgan fingerprint density at radius 1 is 1.50 bits per heavy atom. The Labute approximate surface area is 85.4 Å². The van der Waals surface area contributed by atoms with E-state index in [0.717, 1.165) is 12.8 Å². The van der Waals surface area contributed by atoms with Crippen molar-refractivity contribution in [1.29, 1.82) is 0 Å². The van der Waals surface area contributed by atoms with E-state index in [2.05, 4.69) is 4.99 Å². The Kier molecular flexibility index (Phi) is 2.14. The second-order valence-electron chi connectivity index (χ2n) is 3.34. The Hall–Kier alpha value is -1.18. The number of carbonyl (C=O) groups excluding carboxylic acids is 1. The number of nitrogens with zero attached hydrogens (tertiary/aromatic N) is 1. The van der Waals surface area contributed by atoms with Gasteiger partial charge in [0.15, 0.2) is 0 Å². The maximum Gasteiger partial charge on any atom is 0.235 e. The predicted octanol–water partition coefficient (Wildman–Crippen LogP) is 2.80. The smallest absolute Gasteiger partial charge is 0.211 e. The largest absolute Gasteiger partial charge is 0.235 e. The number of hydrogen-bond acceptors (Lipinski definition) is 2. The quantitative estimate of drug-likeness (QED) is 0.546. The Balaban J connectivity index is 2.52. The molecule has 0 aromatic heterocycles.